The molecule has 2 aromatic rings. The van der Waals surface area contributed by atoms with Crippen LogP contribution in [0.4, 0.5) is 0 Å². The zero-order valence-electron chi connectivity index (χ0n) is 10.4. The van der Waals surface area contributed by atoms with Crippen molar-refractivity contribution in [2.45, 2.75) is 26.4 Å². The fraction of sp³-hybridized carbons (Fsp3) is 0.357. The first kappa shape index (κ1) is 11.9. The first-order valence-electron chi connectivity index (χ1n) is 6.00. The van der Waals surface area contributed by atoms with Gasteiger partial charge in [0.1, 0.15) is 5.82 Å². The van der Waals surface area contributed by atoms with Crippen molar-refractivity contribution in [2.24, 2.45) is 11.7 Å². The third-order valence-electron chi connectivity index (χ3n) is 3.01. The minimum Gasteiger partial charge on any atom is -0.329 e. The SMILES string of the molecule is CC(C)C(N)Cn1ccnc1-c1ccccc1. The van der Waals surface area contributed by atoms with Gasteiger partial charge in [-0.1, -0.05) is 44.2 Å². The number of rotatable bonds is 4. The molecule has 1 heterocycles. The van der Waals surface area contributed by atoms with E-state index in [-0.39, 0.29) is 6.04 Å². The van der Waals surface area contributed by atoms with E-state index in [9.17, 15) is 0 Å². The van der Waals surface area contributed by atoms with Crippen LogP contribution in [-0.2, 0) is 6.54 Å². The monoisotopic (exact) mass is 229 g/mol. The van der Waals surface area contributed by atoms with Crippen LogP contribution in [-0.4, -0.2) is 15.6 Å². The molecule has 0 radical (unpaired) electrons. The average Bonchev–Trinajstić information content (AvgIpc) is 2.78. The van der Waals surface area contributed by atoms with Crippen molar-refractivity contribution in [3.8, 4) is 11.4 Å². The second-order valence-corrected chi connectivity index (χ2v) is 4.68. The minimum absolute atomic E-state index is 0.159. The maximum atomic E-state index is 6.11. The molecule has 0 amide bonds. The van der Waals surface area contributed by atoms with Gasteiger partial charge < -0.3 is 10.3 Å². The summed E-state index contributed by atoms with van der Waals surface area (Å²) in [7, 11) is 0. The molecule has 0 aliphatic carbocycles. The predicted molar refractivity (Wildman–Crippen MR) is 70.5 cm³/mol. The molecule has 1 aromatic heterocycles. The van der Waals surface area contributed by atoms with Crippen LogP contribution in [0.25, 0.3) is 11.4 Å². The van der Waals surface area contributed by atoms with Gasteiger partial charge in [0.25, 0.3) is 0 Å². The van der Waals surface area contributed by atoms with E-state index < -0.39 is 0 Å². The molecule has 17 heavy (non-hydrogen) atoms. The topological polar surface area (TPSA) is 43.8 Å². The van der Waals surface area contributed by atoms with Crippen LogP contribution < -0.4 is 5.73 Å². The molecule has 1 unspecified atom stereocenters. The molecular weight excluding hydrogens is 210 g/mol. The molecular formula is C14H19N3. The first-order chi connectivity index (χ1) is 8.18. The summed E-state index contributed by atoms with van der Waals surface area (Å²) < 4.78 is 2.12. The number of hydrogen-bond donors (Lipinski definition) is 1. The second-order valence-electron chi connectivity index (χ2n) is 4.68. The Morgan fingerprint density at radius 1 is 1.24 bits per heavy atom. The predicted octanol–water partition coefficient (Wildman–Crippen LogP) is 2.53. The van der Waals surface area contributed by atoms with E-state index in [4.69, 9.17) is 5.73 Å². The quantitative estimate of drug-likeness (QED) is 0.875. The summed E-state index contributed by atoms with van der Waals surface area (Å²) in [4.78, 5) is 4.41. The summed E-state index contributed by atoms with van der Waals surface area (Å²) in [5, 5.41) is 0. The minimum atomic E-state index is 0.159. The lowest BCUT2D eigenvalue weighted by Gasteiger charge is -2.17. The van der Waals surface area contributed by atoms with Crippen molar-refractivity contribution in [1.29, 1.82) is 0 Å². The lowest BCUT2D eigenvalue weighted by Crippen LogP contribution is -2.31. The van der Waals surface area contributed by atoms with Gasteiger partial charge in [-0.15, -0.1) is 0 Å². The number of aromatic nitrogens is 2. The fourth-order valence-corrected chi connectivity index (χ4v) is 1.74. The molecule has 0 saturated heterocycles. The van der Waals surface area contributed by atoms with Crippen LogP contribution in [0.15, 0.2) is 42.7 Å². The van der Waals surface area contributed by atoms with E-state index >= 15 is 0 Å². The highest BCUT2D eigenvalue weighted by Gasteiger charge is 2.11. The van der Waals surface area contributed by atoms with Crippen LogP contribution in [0, 0.1) is 5.92 Å². The number of nitrogens with zero attached hydrogens (tertiary/aromatic N) is 2. The molecule has 1 atom stereocenters. The molecule has 0 bridgehead atoms. The van der Waals surface area contributed by atoms with Crippen LogP contribution in [0.1, 0.15) is 13.8 Å². The largest absolute Gasteiger partial charge is 0.329 e. The smallest absolute Gasteiger partial charge is 0.139 e. The molecule has 1 aromatic carbocycles. The van der Waals surface area contributed by atoms with Crippen molar-refractivity contribution >= 4 is 0 Å². The Bertz CT molecular complexity index is 459. The molecule has 0 fully saturated rings. The molecule has 2 N–H and O–H groups in total. The second kappa shape index (κ2) is 5.15. The van der Waals surface area contributed by atoms with E-state index in [1.165, 1.54) is 0 Å². The molecule has 0 spiro atoms. The average molecular weight is 229 g/mol. The van der Waals surface area contributed by atoms with Gasteiger partial charge in [0.15, 0.2) is 0 Å². The molecule has 3 nitrogen and oxygen atoms in total. The Hall–Kier alpha value is -1.61. The Morgan fingerprint density at radius 3 is 2.59 bits per heavy atom. The van der Waals surface area contributed by atoms with Crippen molar-refractivity contribution in [2.75, 3.05) is 0 Å². The van der Waals surface area contributed by atoms with Gasteiger partial charge in [-0.25, -0.2) is 4.98 Å². The summed E-state index contributed by atoms with van der Waals surface area (Å²) in [6, 6.07) is 10.4. The van der Waals surface area contributed by atoms with Crippen LogP contribution >= 0.6 is 0 Å². The van der Waals surface area contributed by atoms with Crippen molar-refractivity contribution < 1.29 is 0 Å². The van der Waals surface area contributed by atoms with Crippen molar-refractivity contribution in [1.82, 2.24) is 9.55 Å². The Labute approximate surface area is 102 Å². The summed E-state index contributed by atoms with van der Waals surface area (Å²) in [5.74, 6) is 1.46. The van der Waals surface area contributed by atoms with E-state index in [1.807, 2.05) is 30.6 Å². The molecule has 0 saturated carbocycles. The number of imidazole rings is 1. The van der Waals surface area contributed by atoms with Crippen LogP contribution in [0.5, 0.6) is 0 Å². The molecule has 0 aliphatic heterocycles. The number of benzene rings is 1. The van der Waals surface area contributed by atoms with Crippen LogP contribution in [0.2, 0.25) is 0 Å². The van der Waals surface area contributed by atoms with Crippen molar-refractivity contribution in [3.05, 3.63) is 42.7 Å². The Kier molecular flexibility index (Phi) is 3.59. The molecule has 2 rings (SSSR count). The van der Waals surface area contributed by atoms with Crippen molar-refractivity contribution in [3.63, 3.8) is 0 Å². The third-order valence-corrected chi connectivity index (χ3v) is 3.01. The maximum absolute atomic E-state index is 6.11. The van der Waals surface area contributed by atoms with E-state index in [2.05, 4.69) is 35.5 Å². The third kappa shape index (κ3) is 2.74. The van der Waals surface area contributed by atoms with Gasteiger partial charge in [-0.2, -0.15) is 0 Å². The van der Waals surface area contributed by atoms with E-state index in [1.54, 1.807) is 0 Å². The standard InChI is InChI=1S/C14H19N3/c1-11(2)13(15)10-17-9-8-16-14(17)12-6-4-3-5-7-12/h3-9,11,13H,10,15H2,1-2H3. The first-order valence-corrected chi connectivity index (χ1v) is 6.00. The number of hydrogen-bond acceptors (Lipinski definition) is 2. The summed E-state index contributed by atoms with van der Waals surface area (Å²) in [6.07, 6.45) is 3.82. The maximum Gasteiger partial charge on any atom is 0.139 e. The van der Waals surface area contributed by atoms with Crippen LogP contribution in [0.3, 0.4) is 0 Å². The summed E-state index contributed by atoms with van der Waals surface area (Å²) >= 11 is 0. The Balaban J connectivity index is 2.23. The number of nitrogens with two attached hydrogens (primary N) is 1. The van der Waals surface area contributed by atoms with Gasteiger partial charge in [0, 0.05) is 30.5 Å². The van der Waals surface area contributed by atoms with Gasteiger partial charge in [-0.05, 0) is 5.92 Å². The van der Waals surface area contributed by atoms with Gasteiger partial charge >= 0.3 is 0 Å². The lowest BCUT2D eigenvalue weighted by atomic mass is 10.1. The highest BCUT2D eigenvalue weighted by atomic mass is 15.1. The normalized spacial score (nSPS) is 12.9. The highest BCUT2D eigenvalue weighted by molar-refractivity contribution is 5.55. The summed E-state index contributed by atoms with van der Waals surface area (Å²) in [5.41, 5.74) is 7.24. The zero-order valence-corrected chi connectivity index (χ0v) is 10.4. The molecule has 90 valence electrons. The van der Waals surface area contributed by atoms with Gasteiger partial charge in [0.2, 0.25) is 0 Å². The van der Waals surface area contributed by atoms with E-state index in [0.717, 1.165) is 17.9 Å². The Morgan fingerprint density at radius 2 is 1.94 bits per heavy atom. The fourth-order valence-electron chi connectivity index (χ4n) is 1.74. The highest BCUT2D eigenvalue weighted by Crippen LogP contribution is 2.17. The molecule has 0 aliphatic rings. The summed E-state index contributed by atoms with van der Waals surface area (Å²) in [6.45, 7) is 5.09. The van der Waals surface area contributed by atoms with Gasteiger partial charge in [-0.3, -0.25) is 0 Å². The van der Waals surface area contributed by atoms with Gasteiger partial charge in [0.05, 0.1) is 0 Å². The zero-order chi connectivity index (χ0) is 12.3. The van der Waals surface area contributed by atoms with E-state index in [0.29, 0.717) is 5.92 Å². The molecule has 3 heteroatoms. The lowest BCUT2D eigenvalue weighted by molar-refractivity contribution is 0.435.